The summed E-state index contributed by atoms with van der Waals surface area (Å²) >= 11 is 0. The number of rotatable bonds is 9. The second kappa shape index (κ2) is 22.9. The summed E-state index contributed by atoms with van der Waals surface area (Å²) in [6.07, 6.45) is 0. The minimum absolute atomic E-state index is 0.534. The minimum atomic E-state index is 0.534. The first-order valence-electron chi connectivity index (χ1n) is 37.2. The summed E-state index contributed by atoms with van der Waals surface area (Å²) in [5, 5.41) is 16.0. The highest BCUT2D eigenvalue weighted by atomic mass is 16.3. The van der Waals surface area contributed by atoms with Gasteiger partial charge in [-0.15, -0.1) is 0 Å². The monoisotopic (exact) mass is 1390 g/mol. The van der Waals surface area contributed by atoms with Crippen molar-refractivity contribution in [1.29, 1.82) is 0 Å². The number of hydrogen-bond donors (Lipinski definition) is 0. The van der Waals surface area contributed by atoms with Gasteiger partial charge in [0.1, 0.15) is 22.8 Å². The lowest BCUT2D eigenvalue weighted by Crippen LogP contribution is -2.10. The molecule has 9 heteroatoms. The second-order valence-electron chi connectivity index (χ2n) is 28.8. The number of hydrogen-bond acceptors (Lipinski definition) is 3. The maximum Gasteiger partial charge on any atom is 0.238 e. The largest absolute Gasteiger partial charge is 0.456 e. The van der Waals surface area contributed by atoms with E-state index in [0.717, 1.165) is 149 Å². The quantitative estimate of drug-likeness (QED) is 0.145. The van der Waals surface area contributed by atoms with Crippen LogP contribution in [0.25, 0.3) is 221 Å². The predicted molar refractivity (Wildman–Crippen MR) is 452 cm³/mol. The standard InChI is InChI=1S/C100H60N8O/c1-4-22-67(23-5-1)103-84-34-16-10-28-70(84)76-52-61(40-46-89(76)103)64-45-51-94-79(55-64)73-31-14-20-38-88(73)108(94)100-101-98(60-99(102-100)107-87-37-19-13-32-74(87)82-58-83-75-33-15-21-39-96(75)109-97(83)59-95(82)107)106-92-49-43-65(62-41-47-90-77(53-62)71-29-11-17-35-85(71)104(90)68-24-6-2-7-25-68)56-80(92)81-57-66(44-50-93(81)106)63-42-48-91-78(54-63)72-30-12-18-36-86(72)105(91)69-26-8-3-9-27-69/h1-60H. The third-order valence-corrected chi connectivity index (χ3v) is 23.0. The van der Waals surface area contributed by atoms with Gasteiger partial charge in [-0.1, -0.05) is 200 Å². The van der Waals surface area contributed by atoms with Crippen LogP contribution in [0.1, 0.15) is 0 Å². The Kier molecular flexibility index (Phi) is 12.5. The number of nitrogens with zero attached hydrogens (tertiary/aromatic N) is 8. The van der Waals surface area contributed by atoms with E-state index in [-0.39, 0.29) is 0 Å². The van der Waals surface area contributed by atoms with Gasteiger partial charge in [0.25, 0.3) is 0 Å². The molecule has 0 N–H and O–H groups in total. The Hall–Kier alpha value is -14.8. The van der Waals surface area contributed by atoms with Crippen molar-refractivity contribution in [3.63, 3.8) is 0 Å². The van der Waals surface area contributed by atoms with Crippen molar-refractivity contribution in [3.8, 4) is 68.0 Å². The molecule has 0 atom stereocenters. The van der Waals surface area contributed by atoms with Crippen molar-refractivity contribution in [1.82, 2.24) is 37.4 Å². The Morgan fingerprint density at radius 3 is 0.807 bits per heavy atom. The molecule has 0 amide bonds. The van der Waals surface area contributed by atoms with Gasteiger partial charge in [-0.3, -0.25) is 13.7 Å². The van der Waals surface area contributed by atoms with Crippen molar-refractivity contribution in [2.45, 2.75) is 0 Å². The summed E-state index contributed by atoms with van der Waals surface area (Å²) in [7, 11) is 0. The Morgan fingerprint density at radius 2 is 0.431 bits per heavy atom. The molecular weight excluding hydrogens is 1330 g/mol. The molecule has 24 aromatic rings. The normalized spacial score (nSPS) is 12.2. The maximum absolute atomic E-state index is 6.75. The molecule has 0 aliphatic heterocycles. The van der Waals surface area contributed by atoms with Gasteiger partial charge in [-0.05, 0) is 185 Å². The molecule has 0 saturated carbocycles. The molecule has 0 aliphatic carbocycles. The first-order chi connectivity index (χ1) is 54.0. The van der Waals surface area contributed by atoms with Crippen molar-refractivity contribution < 1.29 is 4.42 Å². The highest BCUT2D eigenvalue weighted by Crippen LogP contribution is 2.46. The van der Waals surface area contributed by atoms with Crippen molar-refractivity contribution >= 4 is 153 Å². The summed E-state index contributed by atoms with van der Waals surface area (Å²) in [4.78, 5) is 11.8. The van der Waals surface area contributed by atoms with E-state index in [1.807, 2.05) is 6.07 Å². The Balaban J connectivity index is 0.753. The van der Waals surface area contributed by atoms with Gasteiger partial charge in [0.2, 0.25) is 5.95 Å². The molecule has 24 rings (SSSR count). The van der Waals surface area contributed by atoms with E-state index in [4.69, 9.17) is 14.4 Å². The summed E-state index contributed by atoms with van der Waals surface area (Å²) in [5.41, 5.74) is 24.8. The van der Waals surface area contributed by atoms with Crippen LogP contribution in [0, 0.1) is 0 Å². The number of para-hydroxylation sites is 9. The van der Waals surface area contributed by atoms with Crippen LogP contribution in [0.15, 0.2) is 368 Å². The molecule has 8 aromatic heterocycles. The van der Waals surface area contributed by atoms with E-state index in [9.17, 15) is 0 Å². The van der Waals surface area contributed by atoms with Crippen molar-refractivity contribution in [2.24, 2.45) is 0 Å². The molecule has 0 fully saturated rings. The van der Waals surface area contributed by atoms with Gasteiger partial charge >= 0.3 is 0 Å². The van der Waals surface area contributed by atoms with Crippen molar-refractivity contribution in [2.75, 3.05) is 0 Å². The van der Waals surface area contributed by atoms with Crippen LogP contribution in [0.4, 0.5) is 0 Å². The average molecular weight is 1390 g/mol. The van der Waals surface area contributed by atoms with E-state index in [0.29, 0.717) is 17.6 Å². The fraction of sp³-hybridized carbons (Fsp3) is 0. The Labute approximate surface area is 622 Å². The molecule has 16 aromatic carbocycles. The molecule has 0 bridgehead atoms. The molecule has 0 spiro atoms. The van der Waals surface area contributed by atoms with E-state index in [1.54, 1.807) is 0 Å². The van der Waals surface area contributed by atoms with Crippen LogP contribution in [-0.2, 0) is 0 Å². The lowest BCUT2D eigenvalue weighted by Gasteiger charge is -2.15. The zero-order chi connectivity index (χ0) is 71.1. The van der Waals surface area contributed by atoms with Crippen molar-refractivity contribution in [3.05, 3.63) is 364 Å². The molecular formula is C100H60N8O. The van der Waals surface area contributed by atoms with Crippen LogP contribution >= 0.6 is 0 Å². The van der Waals surface area contributed by atoms with Gasteiger partial charge in [0.05, 0.1) is 66.2 Å². The van der Waals surface area contributed by atoms with Crippen LogP contribution in [0.2, 0.25) is 0 Å². The Morgan fingerprint density at radius 1 is 0.165 bits per heavy atom. The molecule has 109 heavy (non-hydrogen) atoms. The fourth-order valence-corrected chi connectivity index (χ4v) is 18.2. The number of fused-ring (bicyclic) bond motifs is 21. The first kappa shape index (κ1) is 59.6. The molecule has 0 radical (unpaired) electrons. The van der Waals surface area contributed by atoms with Gasteiger partial charge < -0.3 is 18.1 Å². The Bertz CT molecular complexity index is 7760. The third kappa shape index (κ3) is 8.78. The summed E-state index contributed by atoms with van der Waals surface area (Å²) in [6, 6.07) is 133. The predicted octanol–water partition coefficient (Wildman–Crippen LogP) is 26.0. The lowest BCUT2D eigenvalue weighted by atomic mass is 9.98. The average Bonchev–Trinajstić information content (AvgIpc) is 1.52. The summed E-state index contributed by atoms with van der Waals surface area (Å²) < 4.78 is 20.9. The van der Waals surface area contributed by atoms with E-state index in [1.165, 1.54) is 54.4 Å². The number of benzene rings is 16. The highest BCUT2D eigenvalue weighted by molar-refractivity contribution is 6.20. The number of aromatic nitrogens is 8. The lowest BCUT2D eigenvalue weighted by molar-refractivity contribution is 0.669. The summed E-state index contributed by atoms with van der Waals surface area (Å²) in [5.74, 6) is 1.96. The zero-order valence-electron chi connectivity index (χ0n) is 58.6. The van der Waals surface area contributed by atoms with Crippen LogP contribution in [0.3, 0.4) is 0 Å². The molecule has 8 heterocycles. The van der Waals surface area contributed by atoms with Gasteiger partial charge in [-0.2, -0.15) is 9.97 Å². The number of furan rings is 1. The molecule has 506 valence electrons. The molecule has 0 aliphatic rings. The third-order valence-electron chi connectivity index (χ3n) is 23.0. The molecule has 9 nitrogen and oxygen atoms in total. The maximum atomic E-state index is 6.75. The summed E-state index contributed by atoms with van der Waals surface area (Å²) in [6.45, 7) is 0. The van der Waals surface area contributed by atoms with Gasteiger partial charge in [0.15, 0.2) is 0 Å². The molecule has 0 saturated heterocycles. The minimum Gasteiger partial charge on any atom is -0.456 e. The van der Waals surface area contributed by atoms with Gasteiger partial charge in [-0.25, -0.2) is 0 Å². The SMILES string of the molecule is c1ccc(-n2c3ccccc3c3cc(-c4ccc5c(c4)c4cc(-c6ccc7c(c6)c6ccccc6n7-c6ccccc6)ccc4n5-c4cc(-n5c6ccccc6c6cc7c(cc65)oc5ccccc57)nc(-n5c6ccccc6c6cc(-c7ccc8c(c7)c7ccccc7n8-c7ccccc7)ccc65)n4)ccc32)cc1. The van der Waals surface area contributed by atoms with E-state index >= 15 is 0 Å². The van der Waals surface area contributed by atoms with E-state index < -0.39 is 0 Å². The van der Waals surface area contributed by atoms with Crippen LogP contribution in [0.5, 0.6) is 0 Å². The second-order valence-corrected chi connectivity index (χ2v) is 28.8. The highest BCUT2D eigenvalue weighted by Gasteiger charge is 2.26. The van der Waals surface area contributed by atoms with E-state index in [2.05, 4.69) is 385 Å². The fourth-order valence-electron chi connectivity index (χ4n) is 18.2. The van der Waals surface area contributed by atoms with Crippen LogP contribution < -0.4 is 0 Å². The smallest absolute Gasteiger partial charge is 0.238 e. The van der Waals surface area contributed by atoms with Gasteiger partial charge in [0, 0.05) is 105 Å². The first-order valence-corrected chi connectivity index (χ1v) is 37.2. The molecule has 0 unspecified atom stereocenters. The van der Waals surface area contributed by atoms with Crippen LogP contribution in [-0.4, -0.2) is 37.4 Å². The topological polar surface area (TPSA) is 68.5 Å². The zero-order valence-corrected chi connectivity index (χ0v) is 58.6.